The van der Waals surface area contributed by atoms with Gasteiger partial charge in [-0.25, -0.2) is 9.78 Å². The second kappa shape index (κ2) is 9.65. The fraction of sp³-hybridized carbons (Fsp3) is 0.700. The lowest BCUT2D eigenvalue weighted by molar-refractivity contribution is 0.0556. The Kier molecular flexibility index (Phi) is 8.23. The summed E-state index contributed by atoms with van der Waals surface area (Å²) in [6, 6.07) is 4.19. The third kappa shape index (κ3) is 5.81. The van der Waals surface area contributed by atoms with Crippen molar-refractivity contribution in [2.75, 3.05) is 4.90 Å². The molecular weight excluding hydrogens is 300 g/mol. The molecule has 0 spiro atoms. The third-order valence-electron chi connectivity index (χ3n) is 3.94. The van der Waals surface area contributed by atoms with Crippen LogP contribution < -0.4 is 4.90 Å². The van der Waals surface area contributed by atoms with Crippen LogP contribution in [0.2, 0.25) is 0 Å². The van der Waals surface area contributed by atoms with Gasteiger partial charge in [0.2, 0.25) is 0 Å². The van der Waals surface area contributed by atoms with Crippen LogP contribution in [0.3, 0.4) is 0 Å². The molecule has 0 aromatic carbocycles. The van der Waals surface area contributed by atoms with E-state index in [0.29, 0.717) is 0 Å². The first-order chi connectivity index (χ1) is 11.4. The van der Waals surface area contributed by atoms with E-state index in [4.69, 9.17) is 4.74 Å². The number of anilines is 1. The maximum absolute atomic E-state index is 12.7. The summed E-state index contributed by atoms with van der Waals surface area (Å²) in [7, 11) is 0. The molecule has 136 valence electrons. The number of fused-ring (bicyclic) bond motifs is 1. The average Bonchev–Trinajstić information content (AvgIpc) is 2.55. The molecule has 0 bridgehead atoms. The quantitative estimate of drug-likeness (QED) is 0.659. The molecule has 4 nitrogen and oxygen atoms in total. The largest absolute Gasteiger partial charge is 0.443 e. The highest BCUT2D eigenvalue weighted by atomic mass is 16.6. The van der Waals surface area contributed by atoms with Gasteiger partial charge in [0, 0.05) is 12.2 Å². The molecule has 0 saturated heterocycles. The summed E-state index contributed by atoms with van der Waals surface area (Å²) in [5.41, 5.74) is 0.650. The van der Waals surface area contributed by atoms with Crippen LogP contribution in [0, 0.1) is 0 Å². The van der Waals surface area contributed by atoms with Crippen molar-refractivity contribution in [3.05, 3.63) is 23.9 Å². The topological polar surface area (TPSA) is 42.4 Å². The first kappa shape index (κ1) is 20.5. The average molecular weight is 335 g/mol. The predicted molar refractivity (Wildman–Crippen MR) is 101 cm³/mol. The fourth-order valence-electron chi connectivity index (χ4n) is 2.92. The molecule has 2 heterocycles. The summed E-state index contributed by atoms with van der Waals surface area (Å²) in [5, 5.41) is 0. The van der Waals surface area contributed by atoms with Gasteiger partial charge in [-0.15, -0.1) is 0 Å². The van der Waals surface area contributed by atoms with Gasteiger partial charge in [-0.3, -0.25) is 4.90 Å². The van der Waals surface area contributed by atoms with Crippen LogP contribution in [0.25, 0.3) is 0 Å². The molecule has 1 amide bonds. The van der Waals surface area contributed by atoms with Crippen LogP contribution in [0.1, 0.15) is 79.2 Å². The van der Waals surface area contributed by atoms with Crippen LogP contribution in [0.4, 0.5) is 10.6 Å². The van der Waals surface area contributed by atoms with Crippen molar-refractivity contribution in [2.45, 2.75) is 91.7 Å². The fourth-order valence-corrected chi connectivity index (χ4v) is 2.92. The lowest BCUT2D eigenvalue weighted by Gasteiger charge is -2.37. The number of rotatable bonds is 4. The zero-order valence-corrected chi connectivity index (χ0v) is 16.3. The minimum atomic E-state index is -0.489. The number of carbonyl (C=O) groups excluding carboxylic acids is 1. The molecule has 1 aliphatic heterocycles. The molecule has 1 aromatic heterocycles. The Bertz CT molecular complexity index is 509. The van der Waals surface area contributed by atoms with Gasteiger partial charge in [-0.2, -0.15) is 0 Å². The summed E-state index contributed by atoms with van der Waals surface area (Å²) >= 11 is 0. The molecule has 0 saturated carbocycles. The van der Waals surface area contributed by atoms with Gasteiger partial charge >= 0.3 is 6.09 Å². The van der Waals surface area contributed by atoms with Crippen LogP contribution in [-0.2, 0) is 11.2 Å². The zero-order valence-electron chi connectivity index (χ0n) is 16.3. The van der Waals surface area contributed by atoms with E-state index < -0.39 is 5.60 Å². The molecule has 1 unspecified atom stereocenters. The van der Waals surface area contributed by atoms with Crippen molar-refractivity contribution in [3.8, 4) is 0 Å². The van der Waals surface area contributed by atoms with Gasteiger partial charge in [-0.1, -0.05) is 46.1 Å². The number of nitrogens with zero attached hydrogens (tertiary/aromatic N) is 2. The first-order valence-corrected chi connectivity index (χ1v) is 9.38. The van der Waals surface area contributed by atoms with Crippen molar-refractivity contribution < 1.29 is 9.53 Å². The van der Waals surface area contributed by atoms with Crippen molar-refractivity contribution in [2.24, 2.45) is 0 Å². The van der Waals surface area contributed by atoms with Crippen LogP contribution in [-0.4, -0.2) is 22.7 Å². The van der Waals surface area contributed by atoms with Crippen LogP contribution >= 0.6 is 0 Å². The lowest BCUT2D eigenvalue weighted by Crippen LogP contribution is -2.46. The summed E-state index contributed by atoms with van der Waals surface area (Å²) in [4.78, 5) is 18.9. The number of aromatic nitrogens is 1. The van der Waals surface area contributed by atoms with E-state index in [2.05, 4.69) is 18.0 Å². The molecule has 1 aliphatic rings. The number of amides is 1. The van der Waals surface area contributed by atoms with E-state index in [1.807, 2.05) is 40.7 Å². The number of pyridine rings is 1. The Labute approximate surface area is 147 Å². The number of hydrogen-bond donors (Lipinski definition) is 0. The monoisotopic (exact) mass is 334 g/mol. The minimum Gasteiger partial charge on any atom is -0.443 e. The molecule has 0 N–H and O–H groups in total. The number of carbonyl (C=O) groups is 1. The number of unbranched alkanes of at least 4 members (excludes halogenated alkanes) is 2. The molecule has 24 heavy (non-hydrogen) atoms. The van der Waals surface area contributed by atoms with Crippen molar-refractivity contribution in [1.29, 1.82) is 0 Å². The molecule has 0 fully saturated rings. The maximum atomic E-state index is 12.7. The van der Waals surface area contributed by atoms with E-state index >= 15 is 0 Å². The SMILES string of the molecule is CC.CCCCCC1CCc2cccnc2N1C(=O)OC(C)(C)C. The van der Waals surface area contributed by atoms with Gasteiger partial charge in [0.1, 0.15) is 11.4 Å². The van der Waals surface area contributed by atoms with E-state index in [-0.39, 0.29) is 12.1 Å². The van der Waals surface area contributed by atoms with E-state index in [9.17, 15) is 4.79 Å². The summed E-state index contributed by atoms with van der Waals surface area (Å²) in [5.74, 6) is 0.782. The Hall–Kier alpha value is -1.58. The predicted octanol–water partition coefficient (Wildman–Crippen LogP) is 5.74. The molecule has 1 aromatic rings. The highest BCUT2D eigenvalue weighted by Crippen LogP contribution is 2.32. The third-order valence-corrected chi connectivity index (χ3v) is 3.94. The highest BCUT2D eigenvalue weighted by Gasteiger charge is 2.34. The molecule has 1 atom stereocenters. The minimum absolute atomic E-state index is 0.198. The second-order valence-electron chi connectivity index (χ2n) is 7.02. The Morgan fingerprint density at radius 3 is 2.67 bits per heavy atom. The standard InChI is InChI=1S/C18H28N2O2.C2H6/c1-5-6-7-10-15-12-11-14-9-8-13-19-16(14)20(15)17(21)22-18(2,3)4;1-2/h8-9,13,15H,5-7,10-12H2,1-4H3;1-2H3. The van der Waals surface area contributed by atoms with Gasteiger partial charge in [-0.05, 0) is 51.7 Å². The number of aryl methyl sites for hydroxylation is 1. The zero-order chi connectivity index (χ0) is 18.2. The van der Waals surface area contributed by atoms with E-state index in [1.54, 1.807) is 11.1 Å². The highest BCUT2D eigenvalue weighted by molar-refractivity contribution is 5.88. The van der Waals surface area contributed by atoms with Crippen LogP contribution in [0.5, 0.6) is 0 Å². The Morgan fingerprint density at radius 2 is 2.04 bits per heavy atom. The van der Waals surface area contributed by atoms with Crippen molar-refractivity contribution >= 4 is 11.9 Å². The second-order valence-corrected chi connectivity index (χ2v) is 7.02. The summed E-state index contributed by atoms with van der Waals surface area (Å²) < 4.78 is 5.62. The smallest absolute Gasteiger partial charge is 0.416 e. The number of hydrogen-bond acceptors (Lipinski definition) is 3. The van der Waals surface area contributed by atoms with E-state index in [0.717, 1.165) is 37.1 Å². The first-order valence-electron chi connectivity index (χ1n) is 9.38. The molecule has 2 rings (SSSR count). The van der Waals surface area contributed by atoms with Gasteiger partial charge in [0.25, 0.3) is 0 Å². The maximum Gasteiger partial charge on any atom is 0.416 e. The Morgan fingerprint density at radius 1 is 1.33 bits per heavy atom. The molecule has 0 radical (unpaired) electrons. The normalized spacial score (nSPS) is 16.8. The summed E-state index contributed by atoms with van der Waals surface area (Å²) in [6.45, 7) is 11.9. The number of ether oxygens (including phenoxy) is 1. The van der Waals surface area contributed by atoms with Gasteiger partial charge in [0.15, 0.2) is 0 Å². The van der Waals surface area contributed by atoms with Crippen LogP contribution in [0.15, 0.2) is 18.3 Å². The summed E-state index contributed by atoms with van der Waals surface area (Å²) in [6.07, 6.45) is 8.01. The van der Waals surface area contributed by atoms with Gasteiger partial charge < -0.3 is 4.74 Å². The lowest BCUT2D eigenvalue weighted by atomic mass is 9.95. The van der Waals surface area contributed by atoms with Crippen molar-refractivity contribution in [3.63, 3.8) is 0 Å². The molecular formula is C20H34N2O2. The molecule has 0 aliphatic carbocycles. The van der Waals surface area contributed by atoms with E-state index in [1.165, 1.54) is 12.8 Å². The molecule has 4 heteroatoms. The Balaban J connectivity index is 0.00000139. The van der Waals surface area contributed by atoms with Gasteiger partial charge in [0.05, 0.1) is 0 Å². The van der Waals surface area contributed by atoms with Crippen molar-refractivity contribution in [1.82, 2.24) is 4.98 Å².